The highest BCUT2D eigenvalue weighted by atomic mass is 16.5. The van der Waals surface area contributed by atoms with Crippen LogP contribution in [0.25, 0.3) is 11.0 Å². The van der Waals surface area contributed by atoms with Crippen molar-refractivity contribution in [1.29, 1.82) is 0 Å². The molecule has 0 aliphatic heterocycles. The number of carbonyl (C=O) groups is 2. The lowest BCUT2D eigenvalue weighted by Gasteiger charge is -2.10. The molecule has 0 unspecified atom stereocenters. The second kappa shape index (κ2) is 5.61. The molecule has 8 nitrogen and oxygen atoms in total. The summed E-state index contributed by atoms with van der Waals surface area (Å²) in [6.45, 7) is 1.28. The quantitative estimate of drug-likeness (QED) is 0.602. The molecular formula is C13H12N2O6. The molecule has 8 heteroatoms. The van der Waals surface area contributed by atoms with E-state index in [9.17, 15) is 19.2 Å². The molecule has 0 aliphatic carbocycles. The van der Waals surface area contributed by atoms with Crippen LogP contribution in [0.2, 0.25) is 0 Å². The van der Waals surface area contributed by atoms with E-state index in [0.29, 0.717) is 0 Å². The second-order valence-electron chi connectivity index (χ2n) is 4.16. The summed E-state index contributed by atoms with van der Waals surface area (Å²) in [6, 6.07) is 4.16. The van der Waals surface area contributed by atoms with Crippen LogP contribution in [0.15, 0.2) is 27.8 Å². The van der Waals surface area contributed by atoms with Gasteiger partial charge in [-0.1, -0.05) is 6.07 Å². The van der Waals surface area contributed by atoms with Gasteiger partial charge in [0.25, 0.3) is 0 Å². The minimum atomic E-state index is -1.25. The van der Waals surface area contributed by atoms with Crippen molar-refractivity contribution in [3.8, 4) is 0 Å². The summed E-state index contributed by atoms with van der Waals surface area (Å²) < 4.78 is 5.64. The summed E-state index contributed by atoms with van der Waals surface area (Å²) in [6.07, 6.45) is 0. The number of rotatable bonds is 4. The highest BCUT2D eigenvalue weighted by Crippen LogP contribution is 2.14. The van der Waals surface area contributed by atoms with E-state index in [1.807, 2.05) is 0 Å². The number of aromatic nitrogens is 2. The number of benzene rings is 1. The zero-order chi connectivity index (χ0) is 15.6. The number of esters is 1. The molecule has 1 aromatic heterocycles. The summed E-state index contributed by atoms with van der Waals surface area (Å²) in [5, 5.41) is 9.10. The maximum absolute atomic E-state index is 11.9. The van der Waals surface area contributed by atoms with Crippen LogP contribution in [0.3, 0.4) is 0 Å². The Morgan fingerprint density at radius 2 is 2.05 bits per heavy atom. The van der Waals surface area contributed by atoms with Crippen LogP contribution in [0.4, 0.5) is 0 Å². The number of hydrogen-bond donors (Lipinski definition) is 2. The van der Waals surface area contributed by atoms with Gasteiger partial charge in [-0.15, -0.1) is 0 Å². The number of aromatic carboxylic acids is 1. The fraction of sp³-hybridized carbons (Fsp3) is 0.231. The zero-order valence-corrected chi connectivity index (χ0v) is 11.1. The molecule has 0 saturated heterocycles. The predicted molar refractivity (Wildman–Crippen MR) is 72.4 cm³/mol. The fourth-order valence-corrected chi connectivity index (χ4v) is 1.97. The molecule has 110 valence electrons. The first kappa shape index (κ1) is 14.5. The number of hydrogen-bond acceptors (Lipinski definition) is 5. The third-order valence-corrected chi connectivity index (χ3v) is 2.83. The number of ether oxygens (including phenoxy) is 1. The van der Waals surface area contributed by atoms with Gasteiger partial charge in [-0.2, -0.15) is 0 Å². The summed E-state index contributed by atoms with van der Waals surface area (Å²) in [5.74, 6) is -1.94. The van der Waals surface area contributed by atoms with Crippen LogP contribution in [0.5, 0.6) is 0 Å². The molecule has 0 radical (unpaired) electrons. The third kappa shape index (κ3) is 2.69. The molecule has 2 rings (SSSR count). The van der Waals surface area contributed by atoms with Crippen LogP contribution in [0, 0.1) is 0 Å². The Kier molecular flexibility index (Phi) is 3.88. The highest BCUT2D eigenvalue weighted by Gasteiger charge is 2.16. The smallest absolute Gasteiger partial charge is 0.337 e. The van der Waals surface area contributed by atoms with Crippen LogP contribution >= 0.6 is 0 Å². The van der Waals surface area contributed by atoms with Gasteiger partial charge >= 0.3 is 23.1 Å². The van der Waals surface area contributed by atoms with E-state index < -0.39 is 29.6 Å². The fourth-order valence-electron chi connectivity index (χ4n) is 1.97. The molecule has 0 fully saturated rings. The van der Waals surface area contributed by atoms with E-state index in [-0.39, 0.29) is 23.2 Å². The molecule has 0 amide bonds. The van der Waals surface area contributed by atoms with Crippen molar-refractivity contribution >= 4 is 23.0 Å². The van der Waals surface area contributed by atoms with E-state index in [1.54, 1.807) is 6.92 Å². The van der Waals surface area contributed by atoms with Crippen molar-refractivity contribution in [3.63, 3.8) is 0 Å². The van der Waals surface area contributed by atoms with Crippen LogP contribution in [0.1, 0.15) is 17.3 Å². The Bertz CT molecular complexity index is 833. The van der Waals surface area contributed by atoms with Crippen molar-refractivity contribution in [2.24, 2.45) is 0 Å². The second-order valence-corrected chi connectivity index (χ2v) is 4.16. The average molecular weight is 292 g/mol. The van der Waals surface area contributed by atoms with E-state index in [1.165, 1.54) is 18.2 Å². The van der Waals surface area contributed by atoms with Gasteiger partial charge in [-0.3, -0.25) is 19.0 Å². The van der Waals surface area contributed by atoms with Gasteiger partial charge in [0.15, 0.2) is 0 Å². The molecule has 21 heavy (non-hydrogen) atoms. The molecule has 2 aromatic rings. The van der Waals surface area contributed by atoms with Gasteiger partial charge in [-0.25, -0.2) is 4.79 Å². The van der Waals surface area contributed by atoms with Crippen LogP contribution < -0.4 is 11.1 Å². The third-order valence-electron chi connectivity index (χ3n) is 2.83. The zero-order valence-electron chi connectivity index (χ0n) is 11.1. The summed E-state index contributed by atoms with van der Waals surface area (Å²) in [5.41, 5.74) is -1.98. The Hall–Kier alpha value is -2.90. The Morgan fingerprint density at radius 3 is 2.67 bits per heavy atom. The van der Waals surface area contributed by atoms with E-state index in [4.69, 9.17) is 9.84 Å². The van der Waals surface area contributed by atoms with Crippen LogP contribution in [-0.4, -0.2) is 33.2 Å². The lowest BCUT2D eigenvalue weighted by Crippen LogP contribution is -2.38. The average Bonchev–Trinajstić information content (AvgIpc) is 2.43. The number of fused-ring (bicyclic) bond motifs is 1. The standard InChI is InChI=1S/C13H12N2O6/c1-2-21-9(16)6-15-8-5-3-4-7(13(19)20)10(8)14-11(17)12(15)18/h3-5H,2,6H2,1H3,(H,14,17)(H,19,20). The van der Waals surface area contributed by atoms with Crippen molar-refractivity contribution in [2.75, 3.05) is 6.61 Å². The Labute approximate surface area is 117 Å². The van der Waals surface area contributed by atoms with E-state index in [2.05, 4.69) is 4.98 Å². The van der Waals surface area contributed by atoms with Gasteiger partial charge in [0, 0.05) is 0 Å². The molecule has 2 N–H and O–H groups in total. The lowest BCUT2D eigenvalue weighted by atomic mass is 10.1. The molecule has 1 heterocycles. The van der Waals surface area contributed by atoms with E-state index in [0.717, 1.165) is 4.57 Å². The summed E-state index contributed by atoms with van der Waals surface area (Å²) in [7, 11) is 0. The van der Waals surface area contributed by atoms with Gasteiger partial charge in [0.2, 0.25) is 0 Å². The monoisotopic (exact) mass is 292 g/mol. The topological polar surface area (TPSA) is 118 Å². The maximum Gasteiger partial charge on any atom is 0.337 e. The minimum Gasteiger partial charge on any atom is -0.478 e. The van der Waals surface area contributed by atoms with Crippen molar-refractivity contribution in [1.82, 2.24) is 9.55 Å². The normalized spacial score (nSPS) is 10.5. The molecule has 0 spiro atoms. The lowest BCUT2D eigenvalue weighted by molar-refractivity contribution is -0.143. The Balaban J connectivity index is 2.74. The number of carboxylic acids is 1. The van der Waals surface area contributed by atoms with Gasteiger partial charge in [0.05, 0.1) is 23.2 Å². The highest BCUT2D eigenvalue weighted by molar-refractivity contribution is 6.00. The number of carbonyl (C=O) groups excluding carboxylic acids is 1. The molecular weight excluding hydrogens is 280 g/mol. The first-order chi connectivity index (χ1) is 9.95. The van der Waals surface area contributed by atoms with Gasteiger partial charge in [-0.05, 0) is 19.1 Å². The molecule has 0 atom stereocenters. The minimum absolute atomic E-state index is 0.0149. The molecule has 0 aliphatic rings. The maximum atomic E-state index is 11.9. The number of carboxylic acid groups (broad SMARTS) is 1. The largest absolute Gasteiger partial charge is 0.478 e. The number of nitrogens with zero attached hydrogens (tertiary/aromatic N) is 1. The molecule has 1 aromatic carbocycles. The number of para-hydroxylation sites is 1. The molecule has 0 saturated carbocycles. The first-order valence-corrected chi connectivity index (χ1v) is 6.10. The predicted octanol–water partition coefficient (Wildman–Crippen LogP) is -0.0489. The van der Waals surface area contributed by atoms with E-state index >= 15 is 0 Å². The van der Waals surface area contributed by atoms with Gasteiger partial charge < -0.3 is 14.8 Å². The van der Waals surface area contributed by atoms with Crippen molar-refractivity contribution in [3.05, 3.63) is 44.5 Å². The number of H-pyrrole nitrogens is 1. The SMILES string of the molecule is CCOC(=O)Cn1c(=O)c(=O)[nH]c2c(C(=O)O)cccc21. The van der Waals surface area contributed by atoms with Crippen LogP contribution in [-0.2, 0) is 16.1 Å². The summed E-state index contributed by atoms with van der Waals surface area (Å²) in [4.78, 5) is 48.4. The Morgan fingerprint density at radius 1 is 1.33 bits per heavy atom. The first-order valence-electron chi connectivity index (χ1n) is 6.10. The molecule has 0 bridgehead atoms. The number of aromatic amines is 1. The van der Waals surface area contributed by atoms with Gasteiger partial charge in [0.1, 0.15) is 6.54 Å². The van der Waals surface area contributed by atoms with Crippen molar-refractivity contribution < 1.29 is 19.4 Å². The summed E-state index contributed by atoms with van der Waals surface area (Å²) >= 11 is 0. The van der Waals surface area contributed by atoms with Crippen molar-refractivity contribution in [2.45, 2.75) is 13.5 Å². The number of nitrogens with one attached hydrogen (secondary N) is 1.